The van der Waals surface area contributed by atoms with Crippen molar-refractivity contribution >= 4 is 17.5 Å². The molecule has 0 radical (unpaired) electrons. The summed E-state index contributed by atoms with van der Waals surface area (Å²) in [5.74, 6) is 2.94. The lowest BCUT2D eigenvalue weighted by Gasteiger charge is -2.15. The Morgan fingerprint density at radius 2 is 2.30 bits per heavy atom. The Labute approximate surface area is 123 Å². The van der Waals surface area contributed by atoms with Gasteiger partial charge in [-0.1, -0.05) is 17.5 Å². The van der Waals surface area contributed by atoms with Crippen LogP contribution in [0.3, 0.4) is 0 Å². The molecule has 3 N–H and O–H groups in total. The Bertz CT molecular complexity index is 512. The minimum absolute atomic E-state index is 0.156. The molecule has 0 atom stereocenters. The molecule has 0 aromatic heterocycles. The van der Waals surface area contributed by atoms with Crippen LogP contribution in [0.2, 0.25) is 5.02 Å². The zero-order valence-electron chi connectivity index (χ0n) is 11.2. The molecule has 0 fully saturated rings. The van der Waals surface area contributed by atoms with Crippen LogP contribution >= 0.6 is 11.6 Å². The van der Waals surface area contributed by atoms with Gasteiger partial charge in [0.15, 0.2) is 18.1 Å². The highest BCUT2D eigenvalue weighted by molar-refractivity contribution is 6.30. The minimum atomic E-state index is -0.307. The molecule has 0 aliphatic heterocycles. The van der Waals surface area contributed by atoms with Crippen molar-refractivity contribution in [1.29, 1.82) is 0 Å². The van der Waals surface area contributed by atoms with Crippen LogP contribution in [0.1, 0.15) is 5.56 Å². The van der Waals surface area contributed by atoms with Crippen LogP contribution < -0.4 is 20.5 Å². The van der Waals surface area contributed by atoms with Gasteiger partial charge in [-0.2, -0.15) is 0 Å². The lowest BCUT2D eigenvalue weighted by atomic mass is 10.1. The Hall–Kier alpha value is -1.90. The van der Waals surface area contributed by atoms with Crippen molar-refractivity contribution in [3.05, 3.63) is 22.7 Å². The van der Waals surface area contributed by atoms with Gasteiger partial charge in [-0.05, 0) is 19.0 Å². The number of amides is 1. The van der Waals surface area contributed by atoms with E-state index in [-0.39, 0.29) is 19.1 Å². The van der Waals surface area contributed by atoms with Gasteiger partial charge >= 0.3 is 0 Å². The Balaban J connectivity index is 2.86. The fourth-order valence-electron chi connectivity index (χ4n) is 1.62. The lowest BCUT2D eigenvalue weighted by molar-refractivity contribution is -0.122. The number of ether oxygens (including phenoxy) is 2. The molecule has 1 rings (SSSR count). The van der Waals surface area contributed by atoms with E-state index in [1.165, 1.54) is 7.11 Å². The van der Waals surface area contributed by atoms with Crippen molar-refractivity contribution in [1.82, 2.24) is 5.32 Å². The van der Waals surface area contributed by atoms with Gasteiger partial charge < -0.3 is 20.5 Å². The molecule has 1 aromatic rings. The largest absolute Gasteiger partial charge is 0.493 e. The molecule has 0 aliphatic rings. The van der Waals surface area contributed by atoms with E-state index in [2.05, 4.69) is 11.2 Å². The molecule has 0 aliphatic carbocycles. The Kier molecular flexibility index (Phi) is 6.71. The SMILES string of the molecule is C#CCNC(=O)COc1c(CCN)cc(Cl)cc1OC. The summed E-state index contributed by atoms with van der Waals surface area (Å²) < 4.78 is 10.7. The van der Waals surface area contributed by atoms with Gasteiger partial charge in [0, 0.05) is 16.7 Å². The molecule has 20 heavy (non-hydrogen) atoms. The molecular weight excluding hydrogens is 280 g/mol. The number of methoxy groups -OCH3 is 1. The first-order valence-electron chi connectivity index (χ1n) is 6.01. The van der Waals surface area contributed by atoms with Gasteiger partial charge in [0.25, 0.3) is 5.91 Å². The number of carbonyl (C=O) groups excluding carboxylic acids is 1. The lowest BCUT2D eigenvalue weighted by Crippen LogP contribution is -2.29. The molecule has 1 amide bonds. The van der Waals surface area contributed by atoms with E-state index in [1.807, 2.05) is 0 Å². The van der Waals surface area contributed by atoms with Crippen molar-refractivity contribution in [3.63, 3.8) is 0 Å². The van der Waals surface area contributed by atoms with E-state index in [4.69, 9.17) is 33.2 Å². The van der Waals surface area contributed by atoms with Crippen molar-refractivity contribution in [2.45, 2.75) is 6.42 Å². The maximum atomic E-state index is 11.5. The zero-order chi connectivity index (χ0) is 15.0. The summed E-state index contributed by atoms with van der Waals surface area (Å²) in [5, 5.41) is 3.03. The molecular formula is C14H17ClN2O3. The summed E-state index contributed by atoms with van der Waals surface area (Å²) in [4.78, 5) is 11.5. The number of hydrogen-bond acceptors (Lipinski definition) is 4. The van der Waals surface area contributed by atoms with E-state index in [0.717, 1.165) is 5.56 Å². The van der Waals surface area contributed by atoms with E-state index in [0.29, 0.717) is 29.5 Å². The minimum Gasteiger partial charge on any atom is -0.493 e. The van der Waals surface area contributed by atoms with E-state index in [1.54, 1.807) is 12.1 Å². The first-order chi connectivity index (χ1) is 9.62. The molecule has 0 saturated heterocycles. The normalized spacial score (nSPS) is 9.70. The van der Waals surface area contributed by atoms with Gasteiger partial charge in [-0.15, -0.1) is 6.42 Å². The number of nitrogens with one attached hydrogen (secondary N) is 1. The Morgan fingerprint density at radius 3 is 2.90 bits per heavy atom. The summed E-state index contributed by atoms with van der Waals surface area (Å²) in [6.45, 7) is 0.440. The topological polar surface area (TPSA) is 73.6 Å². The fourth-order valence-corrected chi connectivity index (χ4v) is 1.85. The van der Waals surface area contributed by atoms with Crippen LogP contribution in [0.5, 0.6) is 11.5 Å². The van der Waals surface area contributed by atoms with Gasteiger partial charge in [-0.3, -0.25) is 4.79 Å². The van der Waals surface area contributed by atoms with Gasteiger partial charge in [0.05, 0.1) is 13.7 Å². The van der Waals surface area contributed by atoms with Crippen LogP contribution in [-0.4, -0.2) is 32.7 Å². The highest BCUT2D eigenvalue weighted by Crippen LogP contribution is 2.34. The highest BCUT2D eigenvalue weighted by atomic mass is 35.5. The van der Waals surface area contributed by atoms with Gasteiger partial charge in [-0.25, -0.2) is 0 Å². The number of benzene rings is 1. The van der Waals surface area contributed by atoms with E-state index >= 15 is 0 Å². The predicted molar refractivity (Wildman–Crippen MR) is 78.1 cm³/mol. The summed E-state index contributed by atoms with van der Waals surface area (Å²) >= 11 is 5.99. The van der Waals surface area contributed by atoms with Crippen LogP contribution in [0.25, 0.3) is 0 Å². The molecule has 5 nitrogen and oxygen atoms in total. The van der Waals surface area contributed by atoms with Crippen LogP contribution in [0, 0.1) is 12.3 Å². The average molecular weight is 297 g/mol. The second-order valence-electron chi connectivity index (χ2n) is 3.90. The molecule has 0 saturated carbocycles. The zero-order valence-corrected chi connectivity index (χ0v) is 12.0. The van der Waals surface area contributed by atoms with Crippen molar-refractivity contribution < 1.29 is 14.3 Å². The molecule has 0 bridgehead atoms. The summed E-state index contributed by atoms with van der Waals surface area (Å²) in [6.07, 6.45) is 5.62. The molecule has 0 heterocycles. The number of halogens is 1. The molecule has 1 aromatic carbocycles. The fraction of sp³-hybridized carbons (Fsp3) is 0.357. The monoisotopic (exact) mass is 296 g/mol. The number of carbonyl (C=O) groups is 1. The van der Waals surface area contributed by atoms with E-state index in [9.17, 15) is 4.79 Å². The molecule has 0 spiro atoms. The van der Waals surface area contributed by atoms with Crippen molar-refractivity contribution in [2.24, 2.45) is 5.73 Å². The smallest absolute Gasteiger partial charge is 0.258 e. The highest BCUT2D eigenvalue weighted by Gasteiger charge is 2.14. The third kappa shape index (κ3) is 4.65. The number of nitrogens with two attached hydrogens (primary N) is 1. The summed E-state index contributed by atoms with van der Waals surface area (Å²) in [5.41, 5.74) is 6.34. The van der Waals surface area contributed by atoms with Crippen LogP contribution in [0.4, 0.5) is 0 Å². The van der Waals surface area contributed by atoms with Crippen molar-refractivity contribution in [2.75, 3.05) is 26.8 Å². The molecule has 6 heteroatoms. The number of hydrogen-bond donors (Lipinski definition) is 2. The van der Waals surface area contributed by atoms with E-state index < -0.39 is 0 Å². The standard InChI is InChI=1S/C14H17ClN2O3/c1-3-6-17-13(18)9-20-14-10(4-5-16)7-11(15)8-12(14)19-2/h1,7-8H,4-6,9,16H2,2H3,(H,17,18). The quantitative estimate of drug-likeness (QED) is 0.736. The maximum Gasteiger partial charge on any atom is 0.258 e. The number of terminal acetylenes is 1. The first-order valence-corrected chi connectivity index (χ1v) is 6.39. The first kappa shape index (κ1) is 16.2. The van der Waals surface area contributed by atoms with Crippen LogP contribution in [0.15, 0.2) is 12.1 Å². The maximum absolute atomic E-state index is 11.5. The summed E-state index contributed by atoms with van der Waals surface area (Å²) in [7, 11) is 1.50. The molecule has 108 valence electrons. The van der Waals surface area contributed by atoms with Gasteiger partial charge in [0.1, 0.15) is 0 Å². The average Bonchev–Trinajstić information content (AvgIpc) is 2.43. The third-order valence-electron chi connectivity index (χ3n) is 2.47. The third-order valence-corrected chi connectivity index (χ3v) is 2.68. The molecule has 0 unspecified atom stereocenters. The summed E-state index contributed by atoms with van der Waals surface area (Å²) in [6, 6.07) is 3.36. The van der Waals surface area contributed by atoms with Crippen molar-refractivity contribution in [3.8, 4) is 23.8 Å². The number of rotatable bonds is 7. The van der Waals surface area contributed by atoms with Gasteiger partial charge in [0.2, 0.25) is 0 Å². The Morgan fingerprint density at radius 1 is 1.55 bits per heavy atom. The van der Waals surface area contributed by atoms with Crippen LogP contribution in [-0.2, 0) is 11.2 Å². The predicted octanol–water partition coefficient (Wildman–Crippen LogP) is 0.978. The second kappa shape index (κ2) is 8.31. The second-order valence-corrected chi connectivity index (χ2v) is 4.34.